The van der Waals surface area contributed by atoms with Crippen molar-refractivity contribution in [3.8, 4) is 0 Å². The van der Waals surface area contributed by atoms with E-state index in [1.54, 1.807) is 0 Å². The average molecular weight is 282 g/mol. The monoisotopic (exact) mass is 282 g/mol. The maximum Gasteiger partial charge on any atom is 0.169 e. The van der Waals surface area contributed by atoms with E-state index in [1.165, 1.54) is 12.1 Å². The SMILES string of the molecule is CCOC1(C(=O)Cc2cccc(F)c2F)CCCCC1. The summed E-state index contributed by atoms with van der Waals surface area (Å²) in [6.07, 6.45) is 4.22. The average Bonchev–Trinajstić information content (AvgIpc) is 2.45. The number of halogens is 2. The summed E-state index contributed by atoms with van der Waals surface area (Å²) >= 11 is 0. The Bertz CT molecular complexity index is 474. The van der Waals surface area contributed by atoms with Crippen LogP contribution in [0.25, 0.3) is 0 Å². The lowest BCUT2D eigenvalue weighted by Crippen LogP contribution is -2.44. The molecule has 0 heterocycles. The van der Waals surface area contributed by atoms with Gasteiger partial charge in [0, 0.05) is 13.0 Å². The molecule has 0 amide bonds. The molecule has 1 saturated carbocycles. The summed E-state index contributed by atoms with van der Waals surface area (Å²) in [5.41, 5.74) is -0.689. The van der Waals surface area contributed by atoms with E-state index in [-0.39, 0.29) is 17.8 Å². The fourth-order valence-electron chi connectivity index (χ4n) is 2.92. The molecule has 0 atom stereocenters. The van der Waals surface area contributed by atoms with Crippen LogP contribution in [0.1, 0.15) is 44.6 Å². The molecule has 0 N–H and O–H groups in total. The van der Waals surface area contributed by atoms with Gasteiger partial charge >= 0.3 is 0 Å². The lowest BCUT2D eigenvalue weighted by molar-refractivity contribution is -0.148. The Kier molecular flexibility index (Phi) is 4.86. The zero-order chi connectivity index (χ0) is 14.6. The Balaban J connectivity index is 2.18. The smallest absolute Gasteiger partial charge is 0.169 e. The van der Waals surface area contributed by atoms with Crippen molar-refractivity contribution in [3.63, 3.8) is 0 Å². The molecule has 4 heteroatoms. The molecule has 0 unspecified atom stereocenters. The van der Waals surface area contributed by atoms with Gasteiger partial charge in [0.05, 0.1) is 0 Å². The number of rotatable bonds is 5. The van der Waals surface area contributed by atoms with E-state index in [4.69, 9.17) is 4.74 Å². The Morgan fingerprint density at radius 2 is 1.95 bits per heavy atom. The summed E-state index contributed by atoms with van der Waals surface area (Å²) in [7, 11) is 0. The summed E-state index contributed by atoms with van der Waals surface area (Å²) in [5.74, 6) is -1.98. The fraction of sp³-hybridized carbons (Fsp3) is 0.562. The predicted octanol–water partition coefficient (Wildman–Crippen LogP) is 3.82. The molecule has 1 aliphatic rings. The molecule has 110 valence electrons. The van der Waals surface area contributed by atoms with Gasteiger partial charge in [-0.3, -0.25) is 4.79 Å². The summed E-state index contributed by atoms with van der Waals surface area (Å²) in [5, 5.41) is 0. The van der Waals surface area contributed by atoms with Crippen LogP contribution >= 0.6 is 0 Å². The third-order valence-electron chi connectivity index (χ3n) is 3.97. The summed E-state index contributed by atoms with van der Waals surface area (Å²) < 4.78 is 32.6. The second kappa shape index (κ2) is 6.44. The van der Waals surface area contributed by atoms with E-state index in [9.17, 15) is 13.6 Å². The van der Waals surface area contributed by atoms with Crippen LogP contribution < -0.4 is 0 Å². The molecule has 20 heavy (non-hydrogen) atoms. The number of carbonyl (C=O) groups is 1. The van der Waals surface area contributed by atoms with Crippen LogP contribution in [0.5, 0.6) is 0 Å². The molecule has 2 rings (SSSR count). The van der Waals surface area contributed by atoms with Crippen LogP contribution in [0.3, 0.4) is 0 Å². The predicted molar refractivity (Wildman–Crippen MR) is 72.5 cm³/mol. The van der Waals surface area contributed by atoms with Crippen molar-refractivity contribution in [2.75, 3.05) is 6.61 Å². The minimum absolute atomic E-state index is 0.108. The lowest BCUT2D eigenvalue weighted by Gasteiger charge is -2.35. The molecule has 1 aromatic carbocycles. The number of Topliss-reactive ketones (excluding diaryl/α,β-unsaturated/α-hetero) is 1. The van der Waals surface area contributed by atoms with Gasteiger partial charge in [-0.2, -0.15) is 0 Å². The number of hydrogen-bond acceptors (Lipinski definition) is 2. The third-order valence-corrected chi connectivity index (χ3v) is 3.97. The lowest BCUT2D eigenvalue weighted by atomic mass is 9.79. The Hall–Kier alpha value is -1.29. The van der Waals surface area contributed by atoms with Crippen molar-refractivity contribution in [2.45, 2.75) is 51.0 Å². The maximum atomic E-state index is 13.7. The van der Waals surface area contributed by atoms with E-state index in [0.717, 1.165) is 25.3 Å². The fourth-order valence-corrected chi connectivity index (χ4v) is 2.92. The first kappa shape index (κ1) is 15.1. The summed E-state index contributed by atoms with van der Waals surface area (Å²) in [6, 6.07) is 3.94. The summed E-state index contributed by atoms with van der Waals surface area (Å²) in [6.45, 7) is 2.31. The van der Waals surface area contributed by atoms with Gasteiger partial charge in [0.15, 0.2) is 17.4 Å². The number of benzene rings is 1. The van der Waals surface area contributed by atoms with Crippen molar-refractivity contribution >= 4 is 5.78 Å². The molecule has 0 aromatic heterocycles. The van der Waals surface area contributed by atoms with Crippen LogP contribution in [0.4, 0.5) is 8.78 Å². The molecule has 0 saturated heterocycles. The Labute approximate surface area is 118 Å². The van der Waals surface area contributed by atoms with Crippen molar-refractivity contribution in [1.29, 1.82) is 0 Å². The van der Waals surface area contributed by atoms with Crippen molar-refractivity contribution in [1.82, 2.24) is 0 Å². The van der Waals surface area contributed by atoms with Crippen LogP contribution in [-0.4, -0.2) is 18.0 Å². The molecule has 0 bridgehead atoms. The first-order valence-electron chi connectivity index (χ1n) is 7.19. The van der Waals surface area contributed by atoms with E-state index < -0.39 is 17.2 Å². The minimum atomic E-state index is -0.927. The molecular formula is C16H20F2O2. The van der Waals surface area contributed by atoms with Crippen LogP contribution in [0, 0.1) is 11.6 Å². The standard InChI is InChI=1S/C16H20F2O2/c1-2-20-16(9-4-3-5-10-16)14(19)11-12-7-6-8-13(17)15(12)18/h6-8H,2-5,9-11H2,1H3. The largest absolute Gasteiger partial charge is 0.367 e. The highest BCUT2D eigenvalue weighted by Gasteiger charge is 2.39. The highest BCUT2D eigenvalue weighted by atomic mass is 19.2. The second-order valence-corrected chi connectivity index (χ2v) is 5.30. The Morgan fingerprint density at radius 3 is 2.60 bits per heavy atom. The topological polar surface area (TPSA) is 26.3 Å². The van der Waals surface area contributed by atoms with E-state index in [1.807, 2.05) is 6.92 Å². The minimum Gasteiger partial charge on any atom is -0.367 e. The van der Waals surface area contributed by atoms with Gasteiger partial charge in [0.2, 0.25) is 0 Å². The molecule has 1 aliphatic carbocycles. The maximum absolute atomic E-state index is 13.7. The molecule has 2 nitrogen and oxygen atoms in total. The van der Waals surface area contributed by atoms with Gasteiger partial charge in [0.1, 0.15) is 5.60 Å². The first-order chi connectivity index (χ1) is 9.59. The van der Waals surface area contributed by atoms with Gasteiger partial charge in [-0.15, -0.1) is 0 Å². The number of hydrogen-bond donors (Lipinski definition) is 0. The highest BCUT2D eigenvalue weighted by Crippen LogP contribution is 2.33. The van der Waals surface area contributed by atoms with Gasteiger partial charge in [-0.25, -0.2) is 8.78 Å². The van der Waals surface area contributed by atoms with E-state index in [2.05, 4.69) is 0 Å². The molecule has 1 fully saturated rings. The summed E-state index contributed by atoms with van der Waals surface area (Å²) in [4.78, 5) is 12.5. The van der Waals surface area contributed by atoms with E-state index in [0.29, 0.717) is 19.4 Å². The van der Waals surface area contributed by atoms with Crippen LogP contribution in [0.15, 0.2) is 18.2 Å². The van der Waals surface area contributed by atoms with Crippen molar-refractivity contribution in [2.24, 2.45) is 0 Å². The second-order valence-electron chi connectivity index (χ2n) is 5.30. The molecule has 0 aliphatic heterocycles. The molecule has 0 spiro atoms. The quantitative estimate of drug-likeness (QED) is 0.820. The number of ketones is 1. The van der Waals surface area contributed by atoms with E-state index >= 15 is 0 Å². The van der Waals surface area contributed by atoms with Crippen LogP contribution in [0.2, 0.25) is 0 Å². The molecular weight excluding hydrogens is 262 g/mol. The number of ether oxygens (including phenoxy) is 1. The third kappa shape index (κ3) is 3.06. The van der Waals surface area contributed by atoms with Crippen molar-refractivity contribution < 1.29 is 18.3 Å². The molecule has 1 aromatic rings. The van der Waals surface area contributed by atoms with Gasteiger partial charge in [0.25, 0.3) is 0 Å². The first-order valence-corrected chi connectivity index (χ1v) is 7.19. The van der Waals surface area contributed by atoms with Gasteiger partial charge in [-0.05, 0) is 31.4 Å². The zero-order valence-corrected chi connectivity index (χ0v) is 11.8. The van der Waals surface area contributed by atoms with Gasteiger partial charge in [-0.1, -0.05) is 31.4 Å². The van der Waals surface area contributed by atoms with Crippen molar-refractivity contribution in [3.05, 3.63) is 35.4 Å². The normalized spacial score (nSPS) is 17.9. The van der Waals surface area contributed by atoms with Gasteiger partial charge < -0.3 is 4.74 Å². The molecule has 0 radical (unpaired) electrons. The Morgan fingerprint density at radius 1 is 1.25 bits per heavy atom. The van der Waals surface area contributed by atoms with Crippen LogP contribution in [-0.2, 0) is 16.0 Å². The number of carbonyl (C=O) groups excluding carboxylic acids is 1. The highest BCUT2D eigenvalue weighted by molar-refractivity contribution is 5.89. The zero-order valence-electron chi connectivity index (χ0n) is 11.8.